The van der Waals surface area contributed by atoms with Gasteiger partial charge < -0.3 is 14.2 Å². The third-order valence-electron chi connectivity index (χ3n) is 3.21. The maximum atomic E-state index is 11.7. The van der Waals surface area contributed by atoms with Gasteiger partial charge in [-0.05, 0) is 37.6 Å². The van der Waals surface area contributed by atoms with E-state index in [1.165, 1.54) is 20.5 Å². The molecule has 24 heavy (non-hydrogen) atoms. The van der Waals surface area contributed by atoms with Crippen LogP contribution >= 0.6 is 0 Å². The van der Waals surface area contributed by atoms with Crippen molar-refractivity contribution in [1.29, 1.82) is 0 Å². The first-order valence-corrected chi connectivity index (χ1v) is 7.37. The van der Waals surface area contributed by atoms with Crippen LogP contribution in [0.1, 0.15) is 18.2 Å². The molecule has 0 N–H and O–H groups in total. The van der Waals surface area contributed by atoms with Crippen LogP contribution < -0.4 is 4.74 Å². The van der Waals surface area contributed by atoms with E-state index >= 15 is 0 Å². The van der Waals surface area contributed by atoms with Gasteiger partial charge in [0.25, 0.3) is 0 Å². The average Bonchev–Trinajstić information content (AvgIpc) is 3.04. The van der Waals surface area contributed by atoms with Crippen molar-refractivity contribution in [2.75, 3.05) is 14.2 Å². The molecule has 1 aromatic carbocycles. The third-order valence-corrected chi connectivity index (χ3v) is 3.21. The second-order valence-electron chi connectivity index (χ2n) is 4.95. The lowest BCUT2D eigenvalue weighted by Gasteiger charge is -2.12. The highest BCUT2D eigenvalue weighted by Gasteiger charge is 2.15. The van der Waals surface area contributed by atoms with Gasteiger partial charge in [0.1, 0.15) is 12.0 Å². The summed E-state index contributed by atoms with van der Waals surface area (Å²) in [7, 11) is 2.72. The number of aromatic nitrogens is 2. The number of carbonyl (C=O) groups excluding carboxylic acids is 1. The summed E-state index contributed by atoms with van der Waals surface area (Å²) in [4.78, 5) is 11.7. The molecule has 0 aliphatic rings. The molecule has 0 fully saturated rings. The molecule has 126 valence electrons. The summed E-state index contributed by atoms with van der Waals surface area (Å²) in [5, 5.41) is 4.45. The fourth-order valence-corrected chi connectivity index (χ4v) is 2.02. The lowest BCUT2D eigenvalue weighted by molar-refractivity contribution is -0.138. The molecule has 6 heteroatoms. The number of rotatable bonds is 6. The molecule has 0 unspecified atom stereocenters. The second kappa shape index (κ2) is 8.01. The van der Waals surface area contributed by atoms with E-state index in [2.05, 4.69) is 9.84 Å². The van der Waals surface area contributed by atoms with Crippen molar-refractivity contribution in [1.82, 2.24) is 9.78 Å². The fraction of sp³-hybridized carbons (Fsp3) is 0.222. The minimum atomic E-state index is -0.615. The summed E-state index contributed by atoms with van der Waals surface area (Å²) < 4.78 is 17.0. The lowest BCUT2D eigenvalue weighted by atomic mass is 10.2. The van der Waals surface area contributed by atoms with E-state index < -0.39 is 5.97 Å². The number of allylic oxidation sites excluding steroid dienone is 1. The summed E-state index contributed by atoms with van der Waals surface area (Å²) in [5.41, 5.74) is 2.54. The molecule has 0 saturated carbocycles. The Kier molecular flexibility index (Phi) is 5.78. The van der Waals surface area contributed by atoms with Crippen LogP contribution in [-0.4, -0.2) is 30.0 Å². The Morgan fingerprint density at radius 1 is 1.25 bits per heavy atom. The number of ether oxygens (including phenoxy) is 3. The van der Waals surface area contributed by atoms with Crippen molar-refractivity contribution in [3.63, 3.8) is 0 Å². The number of benzene rings is 1. The second-order valence-corrected chi connectivity index (χ2v) is 4.95. The van der Waals surface area contributed by atoms with Gasteiger partial charge in [0.15, 0.2) is 0 Å². The van der Waals surface area contributed by atoms with Crippen LogP contribution in [0.25, 0.3) is 11.8 Å². The molecule has 6 nitrogen and oxygen atoms in total. The third kappa shape index (κ3) is 4.04. The molecule has 0 radical (unpaired) electrons. The summed E-state index contributed by atoms with van der Waals surface area (Å²) in [6, 6.07) is 7.52. The number of esters is 1. The molecular weight excluding hydrogens is 308 g/mol. The smallest absolute Gasteiger partial charge is 0.377 e. The number of aryl methyl sites for hydroxylation is 1. The number of hydrogen-bond acceptors (Lipinski definition) is 5. The Morgan fingerprint density at radius 2 is 2.04 bits per heavy atom. The van der Waals surface area contributed by atoms with Gasteiger partial charge in [-0.2, -0.15) is 5.10 Å². The molecule has 0 atom stereocenters. The van der Waals surface area contributed by atoms with Crippen LogP contribution in [-0.2, 0) is 14.3 Å². The highest BCUT2D eigenvalue weighted by molar-refractivity contribution is 5.86. The van der Waals surface area contributed by atoms with Gasteiger partial charge in [0, 0.05) is 12.3 Å². The van der Waals surface area contributed by atoms with E-state index in [-0.39, 0.29) is 5.76 Å². The van der Waals surface area contributed by atoms with Crippen LogP contribution in [0, 0.1) is 6.92 Å². The van der Waals surface area contributed by atoms with E-state index in [0.717, 1.165) is 16.9 Å². The fourth-order valence-electron chi connectivity index (χ4n) is 2.02. The van der Waals surface area contributed by atoms with Crippen molar-refractivity contribution < 1.29 is 19.0 Å². The highest BCUT2D eigenvalue weighted by Crippen LogP contribution is 2.24. The highest BCUT2D eigenvalue weighted by atomic mass is 16.6. The molecule has 0 bridgehead atoms. The Bertz CT molecular complexity index is 775. The van der Waals surface area contributed by atoms with Gasteiger partial charge in [-0.15, -0.1) is 0 Å². The van der Waals surface area contributed by atoms with Crippen molar-refractivity contribution >= 4 is 12.0 Å². The first kappa shape index (κ1) is 17.3. The van der Waals surface area contributed by atoms with Crippen molar-refractivity contribution in [3.05, 3.63) is 59.8 Å². The molecule has 1 heterocycles. The predicted octanol–water partition coefficient (Wildman–Crippen LogP) is 3.25. The Hall–Kier alpha value is -3.02. The quantitative estimate of drug-likeness (QED) is 0.463. The van der Waals surface area contributed by atoms with Gasteiger partial charge in [-0.1, -0.05) is 12.1 Å². The zero-order valence-corrected chi connectivity index (χ0v) is 14.1. The molecule has 0 saturated heterocycles. The normalized spacial score (nSPS) is 11.6. The van der Waals surface area contributed by atoms with E-state index in [4.69, 9.17) is 9.47 Å². The first-order valence-electron chi connectivity index (χ1n) is 7.37. The summed E-state index contributed by atoms with van der Waals surface area (Å²) >= 11 is 0. The minimum Gasteiger partial charge on any atom is -0.500 e. The molecule has 0 aliphatic carbocycles. The molecular formula is C18H20N2O4. The first-order chi connectivity index (χ1) is 11.6. The molecule has 0 spiro atoms. The van der Waals surface area contributed by atoms with E-state index in [1.807, 2.05) is 50.4 Å². The Labute approximate surface area is 141 Å². The minimum absolute atomic E-state index is 0.0321. The number of hydrogen-bond donors (Lipinski definition) is 0. The topological polar surface area (TPSA) is 62.6 Å². The maximum absolute atomic E-state index is 11.7. The van der Waals surface area contributed by atoms with Gasteiger partial charge in [-0.25, -0.2) is 9.48 Å². The van der Waals surface area contributed by atoms with Crippen LogP contribution in [0.3, 0.4) is 0 Å². The Balaban J connectivity index is 2.33. The average molecular weight is 328 g/mol. The number of carbonyl (C=O) groups is 1. The predicted molar refractivity (Wildman–Crippen MR) is 90.7 cm³/mol. The van der Waals surface area contributed by atoms with Crippen molar-refractivity contribution in [3.8, 4) is 11.4 Å². The van der Waals surface area contributed by atoms with E-state index in [1.54, 1.807) is 10.7 Å². The van der Waals surface area contributed by atoms with E-state index in [0.29, 0.717) is 5.75 Å². The molecule has 2 aromatic rings. The van der Waals surface area contributed by atoms with Gasteiger partial charge in [-0.3, -0.25) is 0 Å². The van der Waals surface area contributed by atoms with Gasteiger partial charge in [0.05, 0.1) is 25.6 Å². The van der Waals surface area contributed by atoms with Crippen LogP contribution in [0.15, 0.2) is 48.6 Å². The standard InChI is InChI=1S/C18H20N2O4/c1-5-6-14-9-10-20(19-14)15-8-7-13(2)16(11-15)24-17(12-22-3)18(21)23-4/h5-12H,1-4H3/b6-5+,17-12-. The zero-order chi connectivity index (χ0) is 17.5. The zero-order valence-electron chi connectivity index (χ0n) is 14.1. The summed E-state index contributed by atoms with van der Waals surface area (Å²) in [5.74, 6) is -0.129. The largest absolute Gasteiger partial charge is 0.500 e. The molecule has 0 amide bonds. The molecule has 1 aromatic heterocycles. The Morgan fingerprint density at radius 3 is 2.71 bits per heavy atom. The molecule has 2 rings (SSSR count). The van der Waals surface area contributed by atoms with Crippen LogP contribution in [0.4, 0.5) is 0 Å². The van der Waals surface area contributed by atoms with Crippen LogP contribution in [0.5, 0.6) is 5.75 Å². The maximum Gasteiger partial charge on any atom is 0.377 e. The van der Waals surface area contributed by atoms with Crippen molar-refractivity contribution in [2.45, 2.75) is 13.8 Å². The summed E-state index contributed by atoms with van der Waals surface area (Å²) in [6.45, 7) is 3.82. The SMILES string of the molecule is C/C=C/c1ccn(-c2ccc(C)c(O/C(=C\OC)C(=O)OC)c2)n1. The van der Waals surface area contributed by atoms with Gasteiger partial charge >= 0.3 is 5.97 Å². The monoisotopic (exact) mass is 328 g/mol. The number of methoxy groups -OCH3 is 2. The summed E-state index contributed by atoms with van der Waals surface area (Å²) in [6.07, 6.45) is 6.90. The van der Waals surface area contributed by atoms with E-state index in [9.17, 15) is 4.79 Å². The van der Waals surface area contributed by atoms with Gasteiger partial charge in [0.2, 0.25) is 5.76 Å². The number of nitrogens with zero attached hydrogens (tertiary/aromatic N) is 2. The molecule has 0 aliphatic heterocycles. The van der Waals surface area contributed by atoms with Crippen LogP contribution in [0.2, 0.25) is 0 Å². The lowest BCUT2D eigenvalue weighted by Crippen LogP contribution is -2.12. The van der Waals surface area contributed by atoms with Crippen molar-refractivity contribution in [2.24, 2.45) is 0 Å².